The Morgan fingerprint density at radius 3 is 2.48 bits per heavy atom. The zero-order valence-electron chi connectivity index (χ0n) is 11.9. The normalized spacial score (nSPS) is 12.2. The molecular weight excluding hydrogens is 309 g/mol. The van der Waals surface area contributed by atoms with Crippen LogP contribution in [0.15, 0.2) is 36.4 Å². The Morgan fingerprint density at radius 1 is 1.19 bits per heavy atom. The molecule has 0 heterocycles. The van der Waals surface area contributed by atoms with Crippen LogP contribution in [-0.2, 0) is 6.54 Å². The summed E-state index contributed by atoms with van der Waals surface area (Å²) in [4.78, 5) is 0. The minimum atomic E-state index is 0.0653. The average Bonchev–Trinajstić information content (AvgIpc) is 2.49. The monoisotopic (exact) mass is 325 g/mol. The lowest BCUT2D eigenvalue weighted by Crippen LogP contribution is -2.18. The quantitative estimate of drug-likeness (QED) is 0.846. The number of ether oxygens (including phenoxy) is 1. The van der Waals surface area contributed by atoms with Gasteiger partial charge in [0.25, 0.3) is 0 Å². The van der Waals surface area contributed by atoms with E-state index in [4.69, 9.17) is 27.9 Å². The van der Waals surface area contributed by atoms with Gasteiger partial charge in [0.1, 0.15) is 11.5 Å². The Kier molecular flexibility index (Phi) is 5.34. The van der Waals surface area contributed by atoms with E-state index in [0.717, 1.165) is 11.3 Å². The summed E-state index contributed by atoms with van der Waals surface area (Å²) in [7, 11) is 1.64. The van der Waals surface area contributed by atoms with Crippen molar-refractivity contribution in [3.8, 4) is 11.5 Å². The highest BCUT2D eigenvalue weighted by Gasteiger charge is 2.10. The molecule has 0 radical (unpaired) electrons. The zero-order valence-corrected chi connectivity index (χ0v) is 13.4. The first-order valence-corrected chi connectivity index (χ1v) is 7.31. The Balaban J connectivity index is 2.05. The molecule has 0 fully saturated rings. The van der Waals surface area contributed by atoms with Crippen LogP contribution in [0.2, 0.25) is 10.0 Å². The third kappa shape index (κ3) is 4.03. The lowest BCUT2D eigenvalue weighted by Gasteiger charge is -2.16. The number of hydrogen-bond acceptors (Lipinski definition) is 3. The minimum absolute atomic E-state index is 0.0653. The summed E-state index contributed by atoms with van der Waals surface area (Å²) in [5.41, 5.74) is 1.80. The number of rotatable bonds is 5. The average molecular weight is 326 g/mol. The summed E-state index contributed by atoms with van der Waals surface area (Å²) in [6, 6.07) is 11.2. The second-order valence-corrected chi connectivity index (χ2v) is 5.61. The van der Waals surface area contributed by atoms with Gasteiger partial charge in [0.05, 0.1) is 12.1 Å². The predicted octanol–water partition coefficient (Wildman–Crippen LogP) is 4.56. The van der Waals surface area contributed by atoms with Crippen LogP contribution in [0.25, 0.3) is 0 Å². The first kappa shape index (κ1) is 16.0. The molecule has 1 atom stereocenters. The third-order valence-electron chi connectivity index (χ3n) is 3.32. The minimum Gasteiger partial charge on any atom is -0.506 e. The van der Waals surface area contributed by atoms with Crippen molar-refractivity contribution in [2.45, 2.75) is 19.5 Å². The SMILES string of the molecule is COc1ccc([C@@H](C)NCc2cc(Cl)cc(Cl)c2O)cc1. The Labute approximate surface area is 134 Å². The van der Waals surface area contributed by atoms with Gasteiger partial charge in [0.15, 0.2) is 0 Å². The molecule has 0 bridgehead atoms. The largest absolute Gasteiger partial charge is 0.506 e. The van der Waals surface area contributed by atoms with E-state index >= 15 is 0 Å². The van der Waals surface area contributed by atoms with Gasteiger partial charge in [-0.3, -0.25) is 0 Å². The Bertz CT molecular complexity index is 614. The van der Waals surface area contributed by atoms with Crippen LogP contribution in [0.4, 0.5) is 0 Å². The van der Waals surface area contributed by atoms with Crippen molar-refractivity contribution < 1.29 is 9.84 Å². The van der Waals surface area contributed by atoms with E-state index in [2.05, 4.69) is 5.32 Å². The molecular formula is C16H17Cl2NO2. The highest BCUT2D eigenvalue weighted by atomic mass is 35.5. The van der Waals surface area contributed by atoms with Gasteiger partial charge in [-0.25, -0.2) is 0 Å². The van der Waals surface area contributed by atoms with Crippen molar-refractivity contribution in [1.82, 2.24) is 5.32 Å². The summed E-state index contributed by atoms with van der Waals surface area (Å²) in [5.74, 6) is 0.890. The number of benzene rings is 2. The number of phenolic OH excluding ortho intramolecular Hbond substituents is 1. The van der Waals surface area contributed by atoms with Crippen molar-refractivity contribution in [3.63, 3.8) is 0 Å². The fourth-order valence-electron chi connectivity index (χ4n) is 2.03. The molecule has 2 N–H and O–H groups in total. The van der Waals surface area contributed by atoms with Crippen molar-refractivity contribution in [3.05, 3.63) is 57.6 Å². The summed E-state index contributed by atoms with van der Waals surface area (Å²) in [5, 5.41) is 14.0. The second-order valence-electron chi connectivity index (χ2n) is 4.77. The molecule has 5 heteroatoms. The van der Waals surface area contributed by atoms with E-state index in [-0.39, 0.29) is 16.8 Å². The number of halogens is 2. The van der Waals surface area contributed by atoms with Crippen LogP contribution >= 0.6 is 23.2 Å². The van der Waals surface area contributed by atoms with Crippen molar-refractivity contribution in [2.75, 3.05) is 7.11 Å². The summed E-state index contributed by atoms with van der Waals surface area (Å²) >= 11 is 11.9. The van der Waals surface area contributed by atoms with Gasteiger partial charge in [-0.05, 0) is 36.8 Å². The molecule has 2 aromatic rings. The van der Waals surface area contributed by atoms with Gasteiger partial charge < -0.3 is 15.2 Å². The van der Waals surface area contributed by atoms with E-state index in [9.17, 15) is 5.11 Å². The number of nitrogens with one attached hydrogen (secondary N) is 1. The molecule has 3 nitrogen and oxygen atoms in total. The van der Waals surface area contributed by atoms with Crippen molar-refractivity contribution >= 4 is 23.2 Å². The first-order chi connectivity index (χ1) is 10.0. The predicted molar refractivity (Wildman–Crippen MR) is 86.4 cm³/mol. The van der Waals surface area contributed by atoms with Gasteiger partial charge in [0.2, 0.25) is 0 Å². The van der Waals surface area contributed by atoms with E-state index in [1.807, 2.05) is 31.2 Å². The van der Waals surface area contributed by atoms with Gasteiger partial charge >= 0.3 is 0 Å². The lowest BCUT2D eigenvalue weighted by atomic mass is 10.1. The molecule has 21 heavy (non-hydrogen) atoms. The van der Waals surface area contributed by atoms with Crippen LogP contribution in [0, 0.1) is 0 Å². The van der Waals surface area contributed by atoms with Crippen LogP contribution in [0.3, 0.4) is 0 Å². The van der Waals surface area contributed by atoms with E-state index in [1.54, 1.807) is 13.2 Å². The summed E-state index contributed by atoms with van der Waals surface area (Å²) in [6.07, 6.45) is 0. The fraction of sp³-hybridized carbons (Fsp3) is 0.250. The molecule has 0 aliphatic rings. The van der Waals surface area contributed by atoms with Crippen molar-refractivity contribution in [1.29, 1.82) is 0 Å². The van der Waals surface area contributed by atoms with E-state index in [1.165, 1.54) is 6.07 Å². The maximum Gasteiger partial charge on any atom is 0.138 e. The summed E-state index contributed by atoms with van der Waals surface area (Å²) < 4.78 is 5.14. The van der Waals surface area contributed by atoms with Crippen LogP contribution in [0.1, 0.15) is 24.1 Å². The molecule has 0 unspecified atom stereocenters. The second kappa shape index (κ2) is 7.03. The van der Waals surface area contributed by atoms with Gasteiger partial charge in [-0.1, -0.05) is 35.3 Å². The van der Waals surface area contributed by atoms with Gasteiger partial charge in [-0.2, -0.15) is 0 Å². The van der Waals surface area contributed by atoms with Gasteiger partial charge in [0, 0.05) is 23.2 Å². The standard InChI is InChI=1S/C16H17Cl2NO2/c1-10(11-3-5-14(21-2)6-4-11)19-9-12-7-13(17)8-15(18)16(12)20/h3-8,10,19-20H,9H2,1-2H3/t10-/m1/s1. The van der Waals surface area contributed by atoms with E-state index < -0.39 is 0 Å². The van der Waals surface area contributed by atoms with Crippen LogP contribution < -0.4 is 10.1 Å². The zero-order chi connectivity index (χ0) is 15.4. The highest BCUT2D eigenvalue weighted by Crippen LogP contribution is 2.31. The molecule has 0 saturated heterocycles. The third-order valence-corrected chi connectivity index (χ3v) is 3.83. The first-order valence-electron chi connectivity index (χ1n) is 6.55. The maximum atomic E-state index is 9.93. The molecule has 0 aliphatic heterocycles. The lowest BCUT2D eigenvalue weighted by molar-refractivity contribution is 0.414. The molecule has 0 spiro atoms. The van der Waals surface area contributed by atoms with E-state index in [0.29, 0.717) is 17.1 Å². The molecule has 0 aromatic heterocycles. The number of hydrogen-bond donors (Lipinski definition) is 2. The highest BCUT2D eigenvalue weighted by molar-refractivity contribution is 6.35. The topological polar surface area (TPSA) is 41.5 Å². The molecule has 2 aromatic carbocycles. The Morgan fingerprint density at radius 2 is 1.86 bits per heavy atom. The molecule has 0 amide bonds. The molecule has 112 valence electrons. The number of aromatic hydroxyl groups is 1. The summed E-state index contributed by atoms with van der Waals surface area (Å²) in [6.45, 7) is 2.52. The molecule has 0 saturated carbocycles. The maximum absolute atomic E-state index is 9.93. The molecule has 2 rings (SSSR count). The van der Waals surface area contributed by atoms with Crippen LogP contribution in [-0.4, -0.2) is 12.2 Å². The number of phenols is 1. The smallest absolute Gasteiger partial charge is 0.138 e. The molecule has 0 aliphatic carbocycles. The van der Waals surface area contributed by atoms with Crippen molar-refractivity contribution in [2.24, 2.45) is 0 Å². The number of methoxy groups -OCH3 is 1. The Hall–Kier alpha value is -1.42. The van der Waals surface area contributed by atoms with Crippen LogP contribution in [0.5, 0.6) is 11.5 Å². The fourth-order valence-corrected chi connectivity index (χ4v) is 2.56. The van der Waals surface area contributed by atoms with Gasteiger partial charge in [-0.15, -0.1) is 0 Å².